The molecule has 21 heavy (non-hydrogen) atoms. The second kappa shape index (κ2) is 4.66. The SMILES string of the molecule is Cc1nn(C)c(-n2cc([N+](=O)[O-])c(C(=O)O)n2)c1[N+](=O)[O-]. The van der Waals surface area contributed by atoms with Crippen molar-refractivity contribution < 1.29 is 19.7 Å². The van der Waals surface area contributed by atoms with Gasteiger partial charge >= 0.3 is 17.3 Å². The first-order chi connectivity index (χ1) is 9.73. The summed E-state index contributed by atoms with van der Waals surface area (Å²) in [5.41, 5.74) is -1.91. The summed E-state index contributed by atoms with van der Waals surface area (Å²) in [5.74, 6) is -1.78. The van der Waals surface area contributed by atoms with Crippen LogP contribution in [-0.4, -0.2) is 40.5 Å². The van der Waals surface area contributed by atoms with Gasteiger partial charge in [-0.1, -0.05) is 0 Å². The van der Waals surface area contributed by atoms with E-state index in [0.717, 1.165) is 15.6 Å². The summed E-state index contributed by atoms with van der Waals surface area (Å²) in [6.07, 6.45) is 0.799. The summed E-state index contributed by atoms with van der Waals surface area (Å²) in [6, 6.07) is 0. The lowest BCUT2D eigenvalue weighted by atomic mass is 10.4. The van der Waals surface area contributed by atoms with Gasteiger partial charge in [-0.25, -0.2) is 14.2 Å². The van der Waals surface area contributed by atoms with Gasteiger partial charge in [0.1, 0.15) is 11.9 Å². The molecule has 0 saturated heterocycles. The maximum Gasteiger partial charge on any atom is 0.363 e. The highest BCUT2D eigenvalue weighted by atomic mass is 16.6. The Morgan fingerprint density at radius 3 is 2.33 bits per heavy atom. The monoisotopic (exact) mass is 296 g/mol. The molecule has 0 radical (unpaired) electrons. The molecule has 1 N–H and O–H groups in total. The van der Waals surface area contributed by atoms with Crippen molar-refractivity contribution in [2.75, 3.05) is 0 Å². The lowest BCUT2D eigenvalue weighted by molar-refractivity contribution is -0.385. The Bertz CT molecular complexity index is 743. The quantitative estimate of drug-likeness (QED) is 0.627. The van der Waals surface area contributed by atoms with Gasteiger partial charge in [0.15, 0.2) is 0 Å². The van der Waals surface area contributed by atoms with Crippen molar-refractivity contribution in [2.45, 2.75) is 6.92 Å². The Morgan fingerprint density at radius 2 is 1.90 bits per heavy atom. The topological polar surface area (TPSA) is 159 Å². The molecule has 12 nitrogen and oxygen atoms in total. The zero-order chi connectivity index (χ0) is 15.9. The first kappa shape index (κ1) is 14.1. The van der Waals surface area contributed by atoms with Crippen LogP contribution in [0.5, 0.6) is 0 Å². The second-order valence-corrected chi connectivity index (χ2v) is 4.01. The van der Waals surface area contributed by atoms with Crippen LogP contribution in [0.15, 0.2) is 6.20 Å². The number of nitrogens with zero attached hydrogens (tertiary/aromatic N) is 6. The van der Waals surface area contributed by atoms with E-state index in [2.05, 4.69) is 10.2 Å². The Hall–Kier alpha value is -3.31. The van der Waals surface area contributed by atoms with Crippen molar-refractivity contribution in [2.24, 2.45) is 7.05 Å². The van der Waals surface area contributed by atoms with Crippen molar-refractivity contribution in [1.82, 2.24) is 19.6 Å². The maximum absolute atomic E-state index is 11.0. The molecule has 2 aromatic rings. The number of aromatic nitrogens is 4. The van der Waals surface area contributed by atoms with Crippen molar-refractivity contribution in [1.29, 1.82) is 0 Å². The molecular weight excluding hydrogens is 288 g/mol. The smallest absolute Gasteiger partial charge is 0.363 e. The van der Waals surface area contributed by atoms with Crippen molar-refractivity contribution in [3.8, 4) is 5.82 Å². The number of aromatic carboxylic acids is 1. The number of rotatable bonds is 4. The zero-order valence-corrected chi connectivity index (χ0v) is 10.7. The molecule has 0 aliphatic heterocycles. The van der Waals surface area contributed by atoms with Crippen molar-refractivity contribution >= 4 is 17.3 Å². The highest BCUT2D eigenvalue weighted by Crippen LogP contribution is 2.28. The Labute approximate surface area is 115 Å². The second-order valence-electron chi connectivity index (χ2n) is 4.01. The summed E-state index contributed by atoms with van der Waals surface area (Å²) in [6.45, 7) is 1.39. The van der Waals surface area contributed by atoms with E-state index in [9.17, 15) is 25.0 Å². The van der Waals surface area contributed by atoms with Crippen LogP contribution in [0.25, 0.3) is 5.82 Å². The third kappa shape index (κ3) is 2.18. The predicted octanol–water partition coefficient (Wildman–Crippen LogP) is 0.429. The zero-order valence-electron chi connectivity index (χ0n) is 10.7. The molecule has 12 heteroatoms. The average molecular weight is 296 g/mol. The van der Waals surface area contributed by atoms with Gasteiger partial charge in [0.2, 0.25) is 11.5 Å². The lowest BCUT2D eigenvalue weighted by Crippen LogP contribution is -2.07. The van der Waals surface area contributed by atoms with Crippen LogP contribution in [0.1, 0.15) is 16.2 Å². The van der Waals surface area contributed by atoms with E-state index in [4.69, 9.17) is 5.11 Å². The normalized spacial score (nSPS) is 10.6. The van der Waals surface area contributed by atoms with Crippen molar-refractivity contribution in [3.63, 3.8) is 0 Å². The summed E-state index contributed by atoms with van der Waals surface area (Å²) < 4.78 is 1.86. The fourth-order valence-electron chi connectivity index (χ4n) is 1.86. The first-order valence-corrected chi connectivity index (χ1v) is 5.39. The standard InChI is InChI=1S/C9H8N6O6/c1-4-7(15(20)21)8(12(2)10-4)13-3-5(14(18)19)6(11-13)9(16)17/h3H,1-2H3,(H,16,17). The minimum atomic E-state index is -1.61. The van der Waals surface area contributed by atoms with E-state index >= 15 is 0 Å². The highest BCUT2D eigenvalue weighted by molar-refractivity contribution is 5.90. The summed E-state index contributed by atoms with van der Waals surface area (Å²) in [4.78, 5) is 31.2. The Kier molecular flexibility index (Phi) is 3.13. The molecule has 0 aliphatic rings. The largest absolute Gasteiger partial charge is 0.476 e. The summed E-state index contributed by atoms with van der Waals surface area (Å²) in [5, 5.41) is 38.1. The molecule has 0 aliphatic carbocycles. The minimum absolute atomic E-state index is 0.0764. The van der Waals surface area contributed by atoms with Gasteiger partial charge in [-0.3, -0.25) is 20.2 Å². The lowest BCUT2D eigenvalue weighted by Gasteiger charge is -1.99. The number of carbonyl (C=O) groups is 1. The number of hydrogen-bond donors (Lipinski definition) is 1. The third-order valence-electron chi connectivity index (χ3n) is 2.65. The van der Waals surface area contributed by atoms with Gasteiger partial charge in [-0.05, 0) is 6.92 Å². The van der Waals surface area contributed by atoms with E-state index in [-0.39, 0.29) is 11.5 Å². The summed E-state index contributed by atoms with van der Waals surface area (Å²) >= 11 is 0. The fourth-order valence-corrected chi connectivity index (χ4v) is 1.86. The molecule has 0 unspecified atom stereocenters. The molecule has 2 rings (SSSR count). The van der Waals surface area contributed by atoms with E-state index in [1.807, 2.05) is 0 Å². The van der Waals surface area contributed by atoms with Crippen molar-refractivity contribution in [3.05, 3.63) is 37.8 Å². The van der Waals surface area contributed by atoms with E-state index < -0.39 is 32.9 Å². The number of aryl methyl sites for hydroxylation is 2. The molecule has 0 atom stereocenters. The molecule has 110 valence electrons. The van der Waals surface area contributed by atoms with E-state index in [1.165, 1.54) is 14.0 Å². The van der Waals surface area contributed by atoms with Gasteiger partial charge < -0.3 is 5.11 Å². The fraction of sp³-hybridized carbons (Fsp3) is 0.222. The van der Waals surface area contributed by atoms with Gasteiger partial charge in [0.05, 0.1) is 9.85 Å². The molecule has 0 fully saturated rings. The van der Waals surface area contributed by atoms with Crippen LogP contribution in [0.2, 0.25) is 0 Å². The van der Waals surface area contributed by atoms with E-state index in [0.29, 0.717) is 0 Å². The molecule has 0 aromatic carbocycles. The molecule has 0 bridgehead atoms. The predicted molar refractivity (Wildman–Crippen MR) is 65.3 cm³/mol. The number of carboxylic acids is 1. The van der Waals surface area contributed by atoms with Gasteiger partial charge in [-0.15, -0.1) is 0 Å². The minimum Gasteiger partial charge on any atom is -0.476 e. The van der Waals surface area contributed by atoms with Gasteiger partial charge in [-0.2, -0.15) is 10.2 Å². The van der Waals surface area contributed by atoms with Crippen LogP contribution in [0.4, 0.5) is 11.4 Å². The van der Waals surface area contributed by atoms with E-state index in [1.54, 1.807) is 0 Å². The average Bonchev–Trinajstić information content (AvgIpc) is 2.89. The van der Waals surface area contributed by atoms with Crippen LogP contribution in [-0.2, 0) is 7.05 Å². The first-order valence-electron chi connectivity index (χ1n) is 5.39. The molecule has 0 spiro atoms. The van der Waals surface area contributed by atoms with Crippen LogP contribution >= 0.6 is 0 Å². The van der Waals surface area contributed by atoms with Gasteiger partial charge in [0, 0.05) is 7.05 Å². The maximum atomic E-state index is 11.0. The Morgan fingerprint density at radius 1 is 1.29 bits per heavy atom. The van der Waals surface area contributed by atoms with Gasteiger partial charge in [0.25, 0.3) is 0 Å². The molecule has 0 amide bonds. The van der Waals surface area contributed by atoms with Crippen LogP contribution < -0.4 is 0 Å². The van der Waals surface area contributed by atoms with Crippen LogP contribution in [0, 0.1) is 27.2 Å². The number of hydrogen-bond acceptors (Lipinski definition) is 7. The molecule has 0 saturated carbocycles. The molecule has 2 heterocycles. The number of carboxylic acid groups (broad SMARTS) is 1. The highest BCUT2D eigenvalue weighted by Gasteiger charge is 2.31. The Balaban J connectivity index is 2.74. The van der Waals surface area contributed by atoms with Crippen LogP contribution in [0.3, 0.4) is 0 Å². The third-order valence-corrected chi connectivity index (χ3v) is 2.65. The number of nitro groups is 2. The molecule has 2 aromatic heterocycles. The summed E-state index contributed by atoms with van der Waals surface area (Å²) in [7, 11) is 1.38. The molecular formula is C9H8N6O6.